The van der Waals surface area contributed by atoms with Crippen molar-refractivity contribution in [2.24, 2.45) is 0 Å². The molecule has 0 spiro atoms. The number of hydrogen-bond donors (Lipinski definition) is 2. The van der Waals surface area contributed by atoms with Crippen LogP contribution in [0.3, 0.4) is 0 Å². The Morgan fingerprint density at radius 2 is 1.40 bits per heavy atom. The molecule has 0 aliphatic rings. The molecule has 1 aromatic carbocycles. The van der Waals surface area contributed by atoms with Gasteiger partial charge >= 0.3 is 60.8 Å². The summed E-state index contributed by atoms with van der Waals surface area (Å²) in [5.74, 6) is -4.18. The molecule has 20 heavy (non-hydrogen) atoms. The average molecular weight is 404 g/mol. The molecule has 108 valence electrons. The first-order valence-electron chi connectivity index (χ1n) is 6.13. The molecule has 0 atom stereocenters. The maximum absolute atomic E-state index is 11.1. The molecular weight excluding hydrogens is 381 g/mol. The number of carbonyl (C=O) groups is 2. The predicted molar refractivity (Wildman–Crippen MR) is 80.6 cm³/mol. The van der Waals surface area contributed by atoms with Crippen molar-refractivity contribution in [2.75, 3.05) is 0 Å². The Kier molecular flexibility index (Phi) is 7.04. The summed E-state index contributed by atoms with van der Waals surface area (Å²) < 4.78 is 0. The Bertz CT molecular complexity index is 502. The summed E-state index contributed by atoms with van der Waals surface area (Å²) in [5.41, 5.74) is 3.24. The van der Waals surface area contributed by atoms with Crippen molar-refractivity contribution in [2.45, 2.75) is 46.0 Å². The Labute approximate surface area is 162 Å². The van der Waals surface area contributed by atoms with Crippen molar-refractivity contribution in [1.82, 2.24) is 0 Å². The third-order valence-corrected chi connectivity index (χ3v) is 3.13. The zero-order chi connectivity index (χ0) is 15.0. The van der Waals surface area contributed by atoms with E-state index in [0.717, 1.165) is 16.7 Å². The van der Waals surface area contributed by atoms with Crippen LogP contribution < -0.4 is 0 Å². The second-order valence-corrected chi connectivity index (χ2v) is 5.89. The molecule has 1 aromatic rings. The molecule has 0 aliphatic carbocycles. The van der Waals surface area contributed by atoms with Crippen LogP contribution in [0.1, 0.15) is 51.8 Å². The molecular formula is C15H22BaO4. The van der Waals surface area contributed by atoms with Gasteiger partial charge in [-0.2, -0.15) is 0 Å². The molecule has 5 heteroatoms. The van der Waals surface area contributed by atoms with Gasteiger partial charge in [0.2, 0.25) is 0 Å². The minimum Gasteiger partial charge on any atom is -1.00 e. The quantitative estimate of drug-likeness (QED) is 0.601. The molecule has 0 heterocycles. The van der Waals surface area contributed by atoms with Gasteiger partial charge in [0.25, 0.3) is 0 Å². The van der Waals surface area contributed by atoms with Crippen molar-refractivity contribution in [3.8, 4) is 0 Å². The fraction of sp³-hybridized carbons (Fsp3) is 0.467. The van der Waals surface area contributed by atoms with Crippen molar-refractivity contribution in [1.29, 1.82) is 0 Å². The molecule has 0 amide bonds. The van der Waals surface area contributed by atoms with Gasteiger partial charge in [0, 0.05) is 0 Å². The normalized spacial score (nSPS) is 11.1. The largest absolute Gasteiger partial charge is 2.00 e. The standard InChI is InChI=1S/C15H20O4.Ba.2H/c1-8-6-10(11(13(16)17)14(18)19)7-9(2)12(8)15(3,4)5;;;/h6-7,11H,1-5H3,(H,16,17)(H,18,19);;;/q;+2;2*-1. The van der Waals surface area contributed by atoms with E-state index < -0.39 is 17.9 Å². The molecule has 0 fully saturated rings. The summed E-state index contributed by atoms with van der Waals surface area (Å²) >= 11 is 0. The minimum absolute atomic E-state index is 0. The number of carboxylic acid groups (broad SMARTS) is 2. The van der Waals surface area contributed by atoms with Gasteiger partial charge in [0.15, 0.2) is 5.92 Å². The molecule has 0 bridgehead atoms. The summed E-state index contributed by atoms with van der Waals surface area (Å²) in [5, 5.41) is 18.1. The van der Waals surface area contributed by atoms with Gasteiger partial charge in [0.1, 0.15) is 0 Å². The number of hydrogen-bond acceptors (Lipinski definition) is 2. The summed E-state index contributed by atoms with van der Waals surface area (Å²) in [7, 11) is 0. The van der Waals surface area contributed by atoms with E-state index >= 15 is 0 Å². The predicted octanol–water partition coefficient (Wildman–Crippen LogP) is 2.70. The van der Waals surface area contributed by atoms with E-state index in [4.69, 9.17) is 10.2 Å². The van der Waals surface area contributed by atoms with Crippen LogP contribution in [-0.2, 0) is 15.0 Å². The molecule has 0 aliphatic heterocycles. The van der Waals surface area contributed by atoms with Crippen molar-refractivity contribution in [3.05, 3.63) is 34.4 Å². The first-order valence-corrected chi connectivity index (χ1v) is 6.13. The number of carboxylic acids is 2. The van der Waals surface area contributed by atoms with Crippen LogP contribution in [0.2, 0.25) is 0 Å². The van der Waals surface area contributed by atoms with Gasteiger partial charge in [-0.25, -0.2) is 0 Å². The zero-order valence-corrected chi connectivity index (χ0v) is 17.1. The Morgan fingerprint density at radius 1 is 1.05 bits per heavy atom. The van der Waals surface area contributed by atoms with Crippen LogP contribution in [0.5, 0.6) is 0 Å². The van der Waals surface area contributed by atoms with Crippen molar-refractivity contribution < 1.29 is 22.7 Å². The fourth-order valence-corrected chi connectivity index (χ4v) is 2.74. The smallest absolute Gasteiger partial charge is 1.00 e. The second-order valence-electron chi connectivity index (χ2n) is 5.89. The first-order chi connectivity index (χ1) is 8.55. The van der Waals surface area contributed by atoms with Crippen LogP contribution in [-0.4, -0.2) is 71.0 Å². The van der Waals surface area contributed by atoms with Gasteiger partial charge < -0.3 is 13.1 Å². The molecule has 0 unspecified atom stereocenters. The molecule has 1 rings (SSSR count). The molecule has 0 aromatic heterocycles. The van der Waals surface area contributed by atoms with E-state index in [1.54, 1.807) is 12.1 Å². The Morgan fingerprint density at radius 3 is 1.65 bits per heavy atom. The van der Waals surface area contributed by atoms with Crippen LogP contribution in [0, 0.1) is 13.8 Å². The summed E-state index contributed by atoms with van der Waals surface area (Å²) in [6, 6.07) is 3.33. The summed E-state index contributed by atoms with van der Waals surface area (Å²) in [4.78, 5) is 22.1. The van der Waals surface area contributed by atoms with Gasteiger partial charge in [-0.05, 0) is 41.5 Å². The fourth-order valence-electron chi connectivity index (χ4n) is 2.74. The summed E-state index contributed by atoms with van der Waals surface area (Å²) in [6.07, 6.45) is 0. The minimum atomic E-state index is -1.51. The van der Waals surface area contributed by atoms with E-state index in [1.165, 1.54) is 0 Å². The topological polar surface area (TPSA) is 74.6 Å². The van der Waals surface area contributed by atoms with Crippen molar-refractivity contribution >= 4 is 60.8 Å². The monoisotopic (exact) mass is 404 g/mol. The molecule has 0 saturated carbocycles. The van der Waals surface area contributed by atoms with E-state index in [-0.39, 0.29) is 57.1 Å². The number of rotatable bonds is 3. The van der Waals surface area contributed by atoms with Gasteiger partial charge in [0.05, 0.1) is 0 Å². The van der Waals surface area contributed by atoms with Crippen LogP contribution in [0.4, 0.5) is 0 Å². The van der Waals surface area contributed by atoms with E-state index in [0.29, 0.717) is 5.56 Å². The Balaban J connectivity index is -0.00000120. The molecule has 0 saturated heterocycles. The van der Waals surface area contributed by atoms with Crippen LogP contribution in [0.25, 0.3) is 0 Å². The average Bonchev–Trinajstić information content (AvgIpc) is 2.11. The van der Waals surface area contributed by atoms with E-state index in [2.05, 4.69) is 20.8 Å². The van der Waals surface area contributed by atoms with Crippen molar-refractivity contribution in [3.63, 3.8) is 0 Å². The summed E-state index contributed by atoms with van der Waals surface area (Å²) in [6.45, 7) is 10.0. The Hall–Kier alpha value is -0.269. The van der Waals surface area contributed by atoms with Gasteiger partial charge in [-0.15, -0.1) is 0 Å². The maximum atomic E-state index is 11.1. The molecule has 4 nitrogen and oxygen atoms in total. The van der Waals surface area contributed by atoms with E-state index in [1.807, 2.05) is 13.8 Å². The second kappa shape index (κ2) is 7.13. The SMILES string of the molecule is Cc1cc(C(C(=O)O)C(=O)O)cc(C)c1C(C)(C)C.[Ba+2].[H-].[H-]. The third kappa shape index (κ3) is 4.36. The first kappa shape index (κ1) is 19.7. The number of benzene rings is 1. The van der Waals surface area contributed by atoms with E-state index in [9.17, 15) is 9.59 Å². The molecule has 2 N–H and O–H groups in total. The van der Waals surface area contributed by atoms with Crippen LogP contribution >= 0.6 is 0 Å². The zero-order valence-electron chi connectivity index (χ0n) is 14.7. The number of aryl methyl sites for hydroxylation is 2. The molecule has 0 radical (unpaired) electrons. The van der Waals surface area contributed by atoms with Gasteiger partial charge in [-0.3, -0.25) is 9.59 Å². The van der Waals surface area contributed by atoms with Gasteiger partial charge in [-0.1, -0.05) is 32.9 Å². The van der Waals surface area contributed by atoms with Crippen LogP contribution in [0.15, 0.2) is 12.1 Å². The number of aliphatic carboxylic acids is 2. The third-order valence-electron chi connectivity index (χ3n) is 3.13. The maximum Gasteiger partial charge on any atom is 2.00 e.